The van der Waals surface area contributed by atoms with Gasteiger partial charge in [0.25, 0.3) is 11.8 Å². The molecule has 1 heterocycles. The van der Waals surface area contributed by atoms with Crippen molar-refractivity contribution in [3.05, 3.63) is 41.4 Å². The van der Waals surface area contributed by atoms with E-state index in [4.69, 9.17) is 5.11 Å². The zero-order chi connectivity index (χ0) is 14.9. The van der Waals surface area contributed by atoms with Crippen molar-refractivity contribution in [2.24, 2.45) is 0 Å². The molecule has 20 heavy (non-hydrogen) atoms. The fourth-order valence-electron chi connectivity index (χ4n) is 1.68. The number of aliphatic hydroxyl groups excluding tert-OH is 1. The van der Waals surface area contributed by atoms with Crippen LogP contribution in [-0.4, -0.2) is 35.0 Å². The number of β-amino-alcohol motifs (C(OH)–C–C–N with tert-alkyl or cyclic N) is 1. The minimum absolute atomic E-state index is 0.209. The van der Waals surface area contributed by atoms with Crippen molar-refractivity contribution in [1.82, 2.24) is 4.90 Å². The van der Waals surface area contributed by atoms with Gasteiger partial charge in [0, 0.05) is 6.08 Å². The summed E-state index contributed by atoms with van der Waals surface area (Å²) in [7, 11) is 0. The van der Waals surface area contributed by atoms with Crippen LogP contribution in [0, 0.1) is 17.5 Å². The fraction of sp³-hybridized carbons (Fsp3) is 0.167. The summed E-state index contributed by atoms with van der Waals surface area (Å²) in [4.78, 5) is 23.9. The van der Waals surface area contributed by atoms with Crippen LogP contribution in [0.5, 0.6) is 0 Å². The second kappa shape index (κ2) is 5.33. The average molecular weight is 286 g/mol. The van der Waals surface area contributed by atoms with Gasteiger partial charge in [-0.05, 0) is 12.1 Å². The molecule has 106 valence electrons. The summed E-state index contributed by atoms with van der Waals surface area (Å²) in [6, 6.07) is 1.59. The van der Waals surface area contributed by atoms with E-state index >= 15 is 0 Å². The Morgan fingerprint density at radius 1 is 1.15 bits per heavy atom. The van der Waals surface area contributed by atoms with Gasteiger partial charge in [0.1, 0.15) is 5.70 Å². The summed E-state index contributed by atoms with van der Waals surface area (Å²) in [6.45, 7) is -0.627. The highest BCUT2D eigenvalue weighted by Gasteiger charge is 2.31. The molecule has 2 N–H and O–H groups in total. The molecule has 0 fully saturated rings. The molecule has 8 heteroatoms. The number of imide groups is 1. The first-order chi connectivity index (χ1) is 9.45. The fourth-order valence-corrected chi connectivity index (χ4v) is 1.68. The van der Waals surface area contributed by atoms with Crippen molar-refractivity contribution in [3.8, 4) is 0 Å². The molecule has 1 aliphatic heterocycles. The molecule has 2 amide bonds. The third kappa shape index (κ3) is 2.37. The number of nitrogens with one attached hydrogen (secondary N) is 1. The van der Waals surface area contributed by atoms with E-state index < -0.39 is 41.6 Å². The number of rotatable bonds is 4. The maximum absolute atomic E-state index is 13.4. The molecule has 0 radical (unpaired) electrons. The number of carbonyl (C=O) groups excluding carboxylic acids is 2. The predicted molar refractivity (Wildman–Crippen MR) is 61.8 cm³/mol. The number of anilines is 1. The molecular weight excluding hydrogens is 277 g/mol. The number of amides is 2. The van der Waals surface area contributed by atoms with Gasteiger partial charge >= 0.3 is 0 Å². The van der Waals surface area contributed by atoms with Gasteiger partial charge in [-0.25, -0.2) is 13.2 Å². The third-order valence-electron chi connectivity index (χ3n) is 2.64. The first-order valence-corrected chi connectivity index (χ1v) is 5.54. The molecular formula is C12H9F3N2O3. The molecule has 0 saturated carbocycles. The highest BCUT2D eigenvalue weighted by Crippen LogP contribution is 2.23. The van der Waals surface area contributed by atoms with E-state index in [1.54, 1.807) is 0 Å². The highest BCUT2D eigenvalue weighted by molar-refractivity contribution is 6.17. The van der Waals surface area contributed by atoms with Gasteiger partial charge in [-0.3, -0.25) is 14.5 Å². The van der Waals surface area contributed by atoms with Gasteiger partial charge in [0.15, 0.2) is 17.5 Å². The number of hydrogen-bond acceptors (Lipinski definition) is 4. The lowest BCUT2D eigenvalue weighted by molar-refractivity contribution is -0.137. The van der Waals surface area contributed by atoms with Crippen molar-refractivity contribution in [3.63, 3.8) is 0 Å². The Kier molecular flexibility index (Phi) is 3.75. The largest absolute Gasteiger partial charge is 0.395 e. The number of benzene rings is 1. The molecule has 1 aromatic carbocycles. The lowest BCUT2D eigenvalue weighted by Crippen LogP contribution is -2.34. The van der Waals surface area contributed by atoms with Gasteiger partial charge in [-0.15, -0.1) is 0 Å². The lowest BCUT2D eigenvalue weighted by atomic mass is 10.2. The van der Waals surface area contributed by atoms with Gasteiger partial charge in [-0.1, -0.05) is 0 Å². The Labute approximate surface area is 111 Å². The number of aliphatic hydroxyl groups is 1. The lowest BCUT2D eigenvalue weighted by Gasteiger charge is -2.13. The molecule has 0 atom stereocenters. The Morgan fingerprint density at radius 2 is 1.85 bits per heavy atom. The molecule has 5 nitrogen and oxygen atoms in total. The quantitative estimate of drug-likeness (QED) is 0.633. The minimum atomic E-state index is -1.68. The first kappa shape index (κ1) is 14.1. The van der Waals surface area contributed by atoms with Gasteiger partial charge in [0.2, 0.25) is 0 Å². The number of carbonyl (C=O) groups is 2. The van der Waals surface area contributed by atoms with Crippen molar-refractivity contribution >= 4 is 17.5 Å². The maximum Gasteiger partial charge on any atom is 0.277 e. The average Bonchev–Trinajstić information content (AvgIpc) is 2.67. The van der Waals surface area contributed by atoms with Crippen LogP contribution in [0.1, 0.15) is 0 Å². The summed E-state index contributed by atoms with van der Waals surface area (Å²) in [5.74, 6) is -6.01. The van der Waals surface area contributed by atoms with E-state index in [-0.39, 0.29) is 12.2 Å². The van der Waals surface area contributed by atoms with Crippen LogP contribution in [0.4, 0.5) is 18.9 Å². The van der Waals surface area contributed by atoms with E-state index in [0.29, 0.717) is 6.07 Å². The molecule has 2 rings (SSSR count). The first-order valence-electron chi connectivity index (χ1n) is 5.54. The summed E-state index contributed by atoms with van der Waals surface area (Å²) in [6.07, 6.45) is 0.888. The van der Waals surface area contributed by atoms with Crippen LogP contribution in [0.25, 0.3) is 0 Å². The molecule has 0 spiro atoms. The van der Waals surface area contributed by atoms with Crippen LogP contribution < -0.4 is 5.32 Å². The number of halogens is 3. The standard InChI is InChI=1S/C12H9F3N2O3/c13-6-1-2-7(11(15)10(6)14)16-8-5-9(19)17(3-4-18)12(8)20/h1-2,5,16,18H,3-4H2. The van der Waals surface area contributed by atoms with Crippen molar-refractivity contribution in [2.45, 2.75) is 0 Å². The Bertz CT molecular complexity index is 616. The minimum Gasteiger partial charge on any atom is -0.395 e. The molecule has 0 aromatic heterocycles. The number of nitrogens with zero attached hydrogens (tertiary/aromatic N) is 1. The Morgan fingerprint density at radius 3 is 2.50 bits per heavy atom. The zero-order valence-corrected chi connectivity index (χ0v) is 9.99. The molecule has 0 saturated heterocycles. The van der Waals surface area contributed by atoms with E-state index in [1.807, 2.05) is 0 Å². The summed E-state index contributed by atoms with van der Waals surface area (Å²) >= 11 is 0. The van der Waals surface area contributed by atoms with E-state index in [2.05, 4.69) is 5.32 Å². The molecule has 0 bridgehead atoms. The summed E-state index contributed by atoms with van der Waals surface area (Å²) in [5, 5.41) is 10.9. The van der Waals surface area contributed by atoms with Crippen molar-refractivity contribution in [2.75, 3.05) is 18.5 Å². The van der Waals surface area contributed by atoms with Gasteiger partial charge in [-0.2, -0.15) is 0 Å². The van der Waals surface area contributed by atoms with Crippen molar-refractivity contribution in [1.29, 1.82) is 0 Å². The van der Waals surface area contributed by atoms with E-state index in [1.165, 1.54) is 0 Å². The van der Waals surface area contributed by atoms with E-state index in [9.17, 15) is 22.8 Å². The molecule has 0 unspecified atom stereocenters. The van der Waals surface area contributed by atoms with Crippen molar-refractivity contribution < 1.29 is 27.9 Å². The predicted octanol–water partition coefficient (Wildman–Crippen LogP) is 0.761. The van der Waals surface area contributed by atoms with Crippen LogP contribution in [-0.2, 0) is 9.59 Å². The normalized spacial score (nSPS) is 14.8. The monoisotopic (exact) mass is 286 g/mol. The van der Waals surface area contributed by atoms with Gasteiger partial charge in [0.05, 0.1) is 18.8 Å². The van der Waals surface area contributed by atoms with Crippen LogP contribution >= 0.6 is 0 Å². The number of hydrogen-bond donors (Lipinski definition) is 2. The smallest absolute Gasteiger partial charge is 0.277 e. The van der Waals surface area contributed by atoms with Crippen LogP contribution in [0.15, 0.2) is 23.9 Å². The highest BCUT2D eigenvalue weighted by atomic mass is 19.2. The third-order valence-corrected chi connectivity index (χ3v) is 2.64. The molecule has 0 aliphatic carbocycles. The Hall–Kier alpha value is -2.35. The van der Waals surface area contributed by atoms with Gasteiger partial charge < -0.3 is 10.4 Å². The van der Waals surface area contributed by atoms with Crippen LogP contribution in [0.3, 0.4) is 0 Å². The summed E-state index contributed by atoms with van der Waals surface area (Å²) < 4.78 is 39.2. The molecule has 1 aromatic rings. The summed E-state index contributed by atoms with van der Waals surface area (Å²) in [5.41, 5.74) is -0.754. The van der Waals surface area contributed by atoms with E-state index in [0.717, 1.165) is 17.0 Å². The SMILES string of the molecule is O=C1C=C(Nc2ccc(F)c(F)c2F)C(=O)N1CCO. The zero-order valence-electron chi connectivity index (χ0n) is 9.99. The maximum atomic E-state index is 13.4. The topological polar surface area (TPSA) is 69.6 Å². The second-order valence-corrected chi connectivity index (χ2v) is 3.92. The Balaban J connectivity index is 2.24. The molecule has 1 aliphatic rings. The van der Waals surface area contributed by atoms with Crippen LogP contribution in [0.2, 0.25) is 0 Å². The second-order valence-electron chi connectivity index (χ2n) is 3.92.